The molecule has 2 N–H and O–H groups in total. The van der Waals surface area contributed by atoms with Gasteiger partial charge in [0.25, 0.3) is 0 Å². The third kappa shape index (κ3) is 4.15. The van der Waals surface area contributed by atoms with Crippen molar-refractivity contribution < 1.29 is 10.0 Å². The summed E-state index contributed by atoms with van der Waals surface area (Å²) in [5.41, 5.74) is 1.06. The van der Waals surface area contributed by atoms with Gasteiger partial charge in [-0.1, -0.05) is 30.3 Å². The molecule has 1 aromatic carbocycles. The lowest BCUT2D eigenvalue weighted by atomic mass is 10.2. The Kier molecular flexibility index (Phi) is 4.80. The maximum Gasteiger partial charge on any atom is 0.306 e. The van der Waals surface area contributed by atoms with Gasteiger partial charge in [0.1, 0.15) is 12.4 Å². The molecule has 1 heterocycles. The van der Waals surface area contributed by atoms with Crippen molar-refractivity contribution in [3.63, 3.8) is 0 Å². The fourth-order valence-electron chi connectivity index (χ4n) is 1.81. The number of hydrogen-bond donors (Lipinski definition) is 2. The number of aromatic nitrogens is 2. The van der Waals surface area contributed by atoms with Gasteiger partial charge in [-0.2, -0.15) is 5.10 Å². The molecule has 0 saturated carbocycles. The Morgan fingerprint density at radius 1 is 1.40 bits per heavy atom. The summed E-state index contributed by atoms with van der Waals surface area (Å²) in [6.45, 7) is 1.27. The quantitative estimate of drug-likeness (QED) is 0.580. The van der Waals surface area contributed by atoms with Crippen LogP contribution in [0.2, 0.25) is 0 Å². The van der Waals surface area contributed by atoms with Crippen molar-refractivity contribution >= 4 is 5.69 Å². The fraction of sp³-hybridized carbons (Fsp3) is 0.308. The van der Waals surface area contributed by atoms with Crippen molar-refractivity contribution in [2.45, 2.75) is 19.2 Å². The second kappa shape index (κ2) is 6.78. The van der Waals surface area contributed by atoms with Gasteiger partial charge in [0.2, 0.25) is 0 Å². The number of hydrogen-bond acceptors (Lipinski definition) is 5. The van der Waals surface area contributed by atoms with Crippen molar-refractivity contribution in [2.24, 2.45) is 0 Å². The second-order valence-electron chi connectivity index (χ2n) is 4.45. The number of benzene rings is 1. The Hall–Kier alpha value is -2.25. The lowest BCUT2D eigenvalue weighted by molar-refractivity contribution is -0.385. The van der Waals surface area contributed by atoms with Crippen LogP contribution in [0.3, 0.4) is 0 Å². The molecule has 0 radical (unpaired) electrons. The first-order valence-corrected chi connectivity index (χ1v) is 6.24. The lowest BCUT2D eigenvalue weighted by Crippen LogP contribution is -2.30. The van der Waals surface area contributed by atoms with Crippen LogP contribution in [0, 0.1) is 10.1 Å². The molecule has 0 aliphatic heterocycles. The number of rotatable bonds is 7. The zero-order valence-electron chi connectivity index (χ0n) is 10.8. The number of nitrogens with one attached hydrogen (secondary N) is 1. The highest BCUT2D eigenvalue weighted by Gasteiger charge is 2.11. The molecule has 7 nitrogen and oxygen atoms in total. The van der Waals surface area contributed by atoms with Gasteiger partial charge in [0.05, 0.1) is 17.6 Å². The smallest absolute Gasteiger partial charge is 0.306 e. The summed E-state index contributed by atoms with van der Waals surface area (Å²) < 4.78 is 1.37. The van der Waals surface area contributed by atoms with Crippen LogP contribution in [0.4, 0.5) is 5.69 Å². The Morgan fingerprint density at radius 2 is 2.15 bits per heavy atom. The highest BCUT2D eigenvalue weighted by atomic mass is 16.6. The van der Waals surface area contributed by atoms with Crippen LogP contribution in [0.5, 0.6) is 0 Å². The highest BCUT2D eigenvalue weighted by Crippen LogP contribution is 2.08. The first-order chi connectivity index (χ1) is 9.65. The minimum Gasteiger partial charge on any atom is -0.390 e. The van der Waals surface area contributed by atoms with Crippen LogP contribution in [-0.2, 0) is 13.1 Å². The van der Waals surface area contributed by atoms with Gasteiger partial charge >= 0.3 is 5.69 Å². The number of aliphatic hydroxyl groups is 1. The molecule has 0 aliphatic rings. The standard InChI is InChI=1S/C13H16N4O3/c18-13(8-14-6-11-4-2-1-3-5-11)10-16-9-12(7-15-16)17(19)20/h1-5,7,9,13-14,18H,6,8,10H2. The normalized spacial score (nSPS) is 12.2. The Bertz CT molecular complexity index is 556. The van der Waals surface area contributed by atoms with Crippen LogP contribution >= 0.6 is 0 Å². The van der Waals surface area contributed by atoms with Crippen LogP contribution in [0.1, 0.15) is 5.56 Å². The molecule has 1 unspecified atom stereocenters. The minimum atomic E-state index is -0.654. The third-order valence-electron chi connectivity index (χ3n) is 2.78. The summed E-state index contributed by atoms with van der Waals surface area (Å²) in [5, 5.41) is 27.3. The van der Waals surface area contributed by atoms with E-state index in [2.05, 4.69) is 10.4 Å². The Morgan fingerprint density at radius 3 is 2.80 bits per heavy atom. The molecule has 106 valence electrons. The average Bonchev–Trinajstić information content (AvgIpc) is 2.88. The summed E-state index contributed by atoms with van der Waals surface area (Å²) >= 11 is 0. The molecule has 1 aromatic heterocycles. The monoisotopic (exact) mass is 276 g/mol. The van der Waals surface area contributed by atoms with Crippen LogP contribution in [0.25, 0.3) is 0 Å². The van der Waals surface area contributed by atoms with Crippen molar-refractivity contribution in [1.29, 1.82) is 0 Å². The van der Waals surface area contributed by atoms with E-state index in [9.17, 15) is 15.2 Å². The minimum absolute atomic E-state index is 0.0746. The largest absolute Gasteiger partial charge is 0.390 e. The van der Waals surface area contributed by atoms with E-state index >= 15 is 0 Å². The van der Waals surface area contributed by atoms with Gasteiger partial charge in [0.15, 0.2) is 0 Å². The molecule has 2 aromatic rings. The van der Waals surface area contributed by atoms with Crippen LogP contribution in [0.15, 0.2) is 42.7 Å². The topological polar surface area (TPSA) is 93.2 Å². The van der Waals surface area contributed by atoms with Gasteiger partial charge < -0.3 is 10.4 Å². The predicted octanol–water partition coefficient (Wildman–Crippen LogP) is 0.942. The maximum absolute atomic E-state index is 10.5. The summed E-state index contributed by atoms with van der Waals surface area (Å²) in [5.74, 6) is 0. The molecular weight excluding hydrogens is 260 g/mol. The first kappa shape index (κ1) is 14.2. The van der Waals surface area contributed by atoms with Crippen molar-refractivity contribution in [3.8, 4) is 0 Å². The summed E-state index contributed by atoms with van der Waals surface area (Å²) in [6.07, 6.45) is 1.82. The maximum atomic E-state index is 10.5. The molecule has 0 bridgehead atoms. The van der Waals surface area contributed by atoms with Gasteiger partial charge in [-0.25, -0.2) is 0 Å². The van der Waals surface area contributed by atoms with Crippen molar-refractivity contribution in [3.05, 3.63) is 58.4 Å². The molecule has 0 saturated heterocycles. The lowest BCUT2D eigenvalue weighted by Gasteiger charge is -2.11. The average molecular weight is 276 g/mol. The number of nitro groups is 1. The molecule has 0 fully saturated rings. The molecule has 20 heavy (non-hydrogen) atoms. The van der Waals surface area contributed by atoms with Crippen molar-refractivity contribution in [1.82, 2.24) is 15.1 Å². The number of aliphatic hydroxyl groups excluding tert-OH is 1. The van der Waals surface area contributed by atoms with E-state index < -0.39 is 11.0 Å². The molecule has 0 amide bonds. The fourth-order valence-corrected chi connectivity index (χ4v) is 1.81. The van der Waals surface area contributed by atoms with Crippen LogP contribution < -0.4 is 5.32 Å². The Balaban J connectivity index is 1.74. The molecular formula is C13H16N4O3. The van der Waals surface area contributed by atoms with Crippen molar-refractivity contribution in [2.75, 3.05) is 6.54 Å². The highest BCUT2D eigenvalue weighted by molar-refractivity contribution is 5.20. The van der Waals surface area contributed by atoms with Gasteiger partial charge in [-0.05, 0) is 5.56 Å². The zero-order chi connectivity index (χ0) is 14.4. The summed E-state index contributed by atoms with van der Waals surface area (Å²) in [4.78, 5) is 10.00. The van der Waals surface area contributed by atoms with E-state index in [1.165, 1.54) is 17.1 Å². The molecule has 0 aliphatic carbocycles. The SMILES string of the molecule is O=[N+]([O-])c1cnn(CC(O)CNCc2ccccc2)c1. The van der Waals surface area contributed by atoms with E-state index in [1.807, 2.05) is 30.3 Å². The van der Waals surface area contributed by atoms with E-state index in [0.717, 1.165) is 5.56 Å². The van der Waals surface area contributed by atoms with Gasteiger partial charge in [-0.3, -0.25) is 14.8 Å². The zero-order valence-corrected chi connectivity index (χ0v) is 10.8. The molecule has 0 spiro atoms. The Labute approximate surface area is 116 Å². The third-order valence-corrected chi connectivity index (χ3v) is 2.78. The van der Waals surface area contributed by atoms with E-state index in [0.29, 0.717) is 13.1 Å². The predicted molar refractivity (Wildman–Crippen MR) is 73.0 cm³/mol. The molecule has 1 atom stereocenters. The summed E-state index contributed by atoms with van der Waals surface area (Å²) in [7, 11) is 0. The first-order valence-electron chi connectivity index (χ1n) is 6.24. The molecule has 2 rings (SSSR count). The van der Waals surface area contributed by atoms with Gasteiger partial charge in [-0.15, -0.1) is 0 Å². The van der Waals surface area contributed by atoms with Gasteiger partial charge in [0, 0.05) is 13.1 Å². The molecule has 7 heteroatoms. The summed E-state index contributed by atoms with van der Waals surface area (Å²) in [6, 6.07) is 9.85. The van der Waals surface area contributed by atoms with Crippen LogP contribution in [-0.4, -0.2) is 32.5 Å². The van der Waals surface area contributed by atoms with E-state index in [1.54, 1.807) is 0 Å². The number of nitrogens with zero attached hydrogens (tertiary/aromatic N) is 3. The van der Waals surface area contributed by atoms with E-state index in [-0.39, 0.29) is 12.2 Å². The second-order valence-corrected chi connectivity index (χ2v) is 4.45. The van der Waals surface area contributed by atoms with E-state index in [4.69, 9.17) is 0 Å².